The van der Waals surface area contributed by atoms with Crippen LogP contribution in [0.15, 0.2) is 234 Å². The van der Waals surface area contributed by atoms with Gasteiger partial charge in [0.05, 0.1) is 16.9 Å². The highest BCUT2D eigenvalue weighted by atomic mass is 32.2. The van der Waals surface area contributed by atoms with E-state index in [4.69, 9.17) is 0 Å². The Morgan fingerprint density at radius 1 is 0.362 bits per heavy atom. The Kier molecular flexibility index (Phi) is 8.90. The third kappa shape index (κ3) is 5.98. The lowest BCUT2D eigenvalue weighted by atomic mass is 9.29. The summed E-state index contributed by atoms with van der Waals surface area (Å²) in [4.78, 5) is 6.60. The fourth-order valence-electron chi connectivity index (χ4n) is 11.7. The maximum absolute atomic E-state index is 15.7. The minimum atomic E-state index is -4.64. The Morgan fingerprint density at radius 3 is 1.48 bits per heavy atom. The van der Waals surface area contributed by atoms with Crippen molar-refractivity contribution >= 4 is 92.1 Å². The normalized spacial score (nSPS) is 13.6. The Hall–Kier alpha value is -7.93. The van der Waals surface area contributed by atoms with Crippen LogP contribution in [0.4, 0.5) is 47.3 Å². The molecular weight excluding hydrogens is 871 g/mol. The van der Waals surface area contributed by atoms with Crippen LogP contribution >= 0.6 is 11.8 Å². The zero-order valence-corrected chi connectivity index (χ0v) is 37.8. The number of benzene rings is 10. The monoisotopic (exact) mass is 908 g/mol. The first-order valence-corrected chi connectivity index (χ1v) is 24.1. The molecule has 69 heavy (non-hydrogen) atoms. The lowest BCUT2D eigenvalue weighted by Crippen LogP contribution is -2.68. The van der Waals surface area contributed by atoms with E-state index in [0.29, 0.717) is 0 Å². The van der Waals surface area contributed by atoms with Gasteiger partial charge in [-0.2, -0.15) is 13.2 Å². The first-order chi connectivity index (χ1) is 33.9. The lowest BCUT2D eigenvalue weighted by molar-refractivity contribution is -0.137. The van der Waals surface area contributed by atoms with Crippen molar-refractivity contribution in [3.05, 3.63) is 230 Å². The summed E-state index contributed by atoms with van der Waals surface area (Å²) in [6, 6.07) is 76.6. The Morgan fingerprint density at radius 2 is 0.841 bits per heavy atom. The van der Waals surface area contributed by atoms with E-state index in [9.17, 15) is 0 Å². The summed E-state index contributed by atoms with van der Waals surface area (Å²) < 4.78 is 47.2. The molecule has 324 valence electrons. The minimum Gasteiger partial charge on any atom is -0.312 e. The summed E-state index contributed by atoms with van der Waals surface area (Å²) in [5.74, 6) is 0. The van der Waals surface area contributed by atoms with E-state index in [0.717, 1.165) is 99.1 Å². The highest BCUT2D eigenvalue weighted by Gasteiger charge is 2.53. The number of halogens is 3. The number of alkyl halides is 3. The van der Waals surface area contributed by atoms with E-state index in [-0.39, 0.29) is 19.1 Å². The molecule has 10 aromatic carbocycles. The highest BCUT2D eigenvalue weighted by Crippen LogP contribution is 2.56. The van der Waals surface area contributed by atoms with Crippen molar-refractivity contribution in [1.29, 1.82) is 0 Å². The average Bonchev–Trinajstić information content (AvgIpc) is 3.40. The molecule has 2 nitrogen and oxygen atoms in total. The molecule has 0 unspecified atom stereocenters. The molecule has 4 heterocycles. The van der Waals surface area contributed by atoms with E-state index in [2.05, 4.69) is 175 Å². The van der Waals surface area contributed by atoms with Gasteiger partial charge in [0.15, 0.2) is 0 Å². The molecular formula is C61H37B2F3N2S. The van der Waals surface area contributed by atoms with E-state index in [1.807, 2.05) is 35.2 Å². The molecule has 0 aromatic heterocycles. The molecule has 0 aliphatic carbocycles. The Bertz CT molecular complexity index is 3720. The number of rotatable bonds is 5. The molecule has 0 fully saturated rings. The van der Waals surface area contributed by atoms with Gasteiger partial charge < -0.3 is 9.80 Å². The van der Waals surface area contributed by atoms with E-state index in [1.165, 1.54) is 28.5 Å². The van der Waals surface area contributed by atoms with Gasteiger partial charge in [0.2, 0.25) is 6.71 Å². The zero-order valence-electron chi connectivity index (χ0n) is 37.0. The molecule has 8 heteroatoms. The summed E-state index contributed by atoms with van der Waals surface area (Å²) in [7, 11) is 0. The number of para-hydroxylation sites is 2. The average molecular weight is 909 g/mol. The van der Waals surface area contributed by atoms with Crippen molar-refractivity contribution in [3.63, 3.8) is 0 Å². The molecule has 4 aliphatic heterocycles. The maximum atomic E-state index is 15.7. The van der Waals surface area contributed by atoms with Gasteiger partial charge in [0, 0.05) is 38.1 Å². The summed E-state index contributed by atoms with van der Waals surface area (Å²) in [5, 5.41) is 0. The SMILES string of the molecule is FC(F)(F)c1ccccc1N1c2ccccc2B2c3cc(-c4ccccc4)ccc3N3c4ccc(-c5ccccc5)cc4B4c5ccccc5Sc5c4c3c2c1c5-c1ccccc1-c1ccccc1. The number of nitrogens with zero attached hydrogens (tertiary/aromatic N) is 2. The van der Waals surface area contributed by atoms with E-state index in [1.54, 1.807) is 23.9 Å². The van der Waals surface area contributed by atoms with Crippen LogP contribution in [0.3, 0.4) is 0 Å². The molecule has 10 aromatic rings. The molecule has 14 rings (SSSR count). The minimum absolute atomic E-state index is 0.0922. The second-order valence-electron chi connectivity index (χ2n) is 18.2. The van der Waals surface area contributed by atoms with Crippen LogP contribution in [0, 0.1) is 0 Å². The number of hydrogen-bond donors (Lipinski definition) is 0. The Balaban J connectivity index is 1.20. The summed E-state index contributed by atoms with van der Waals surface area (Å²) in [6.45, 7) is -0.523. The van der Waals surface area contributed by atoms with Crippen LogP contribution in [0.2, 0.25) is 0 Å². The summed E-state index contributed by atoms with van der Waals surface area (Å²) in [5.41, 5.74) is 19.1. The number of anilines is 6. The number of fused-ring (bicyclic) bond motifs is 10. The third-order valence-corrected chi connectivity index (χ3v) is 15.8. The molecule has 0 radical (unpaired) electrons. The molecule has 0 saturated carbocycles. The first kappa shape index (κ1) is 40.2. The molecule has 4 aliphatic rings. The van der Waals surface area contributed by atoms with Gasteiger partial charge in [-0.25, -0.2) is 0 Å². The molecule has 0 saturated heterocycles. The zero-order chi connectivity index (χ0) is 46.0. The van der Waals surface area contributed by atoms with Gasteiger partial charge in [-0.3, -0.25) is 0 Å². The van der Waals surface area contributed by atoms with Gasteiger partial charge in [-0.1, -0.05) is 205 Å². The highest BCUT2D eigenvalue weighted by molar-refractivity contribution is 8.00. The van der Waals surface area contributed by atoms with Gasteiger partial charge >= 0.3 is 6.18 Å². The van der Waals surface area contributed by atoms with Gasteiger partial charge in [-0.15, -0.1) is 0 Å². The maximum Gasteiger partial charge on any atom is 0.418 e. The quantitative estimate of drug-likeness (QED) is 0.159. The van der Waals surface area contributed by atoms with Crippen molar-refractivity contribution in [2.24, 2.45) is 0 Å². The van der Waals surface area contributed by atoms with Crippen molar-refractivity contribution in [3.8, 4) is 44.5 Å². The molecule has 0 spiro atoms. The fraction of sp³-hybridized carbons (Fsp3) is 0.0164. The fourth-order valence-corrected chi connectivity index (χ4v) is 13.0. The predicted molar refractivity (Wildman–Crippen MR) is 282 cm³/mol. The summed E-state index contributed by atoms with van der Waals surface area (Å²) in [6.07, 6.45) is -4.64. The van der Waals surface area contributed by atoms with E-state index < -0.39 is 11.7 Å². The Labute approximate surface area is 403 Å². The van der Waals surface area contributed by atoms with Crippen molar-refractivity contribution in [2.75, 3.05) is 9.80 Å². The number of hydrogen-bond acceptors (Lipinski definition) is 3. The smallest absolute Gasteiger partial charge is 0.312 e. The van der Waals surface area contributed by atoms with E-state index >= 15 is 13.2 Å². The second-order valence-corrected chi connectivity index (χ2v) is 19.2. The first-order valence-electron chi connectivity index (χ1n) is 23.3. The second kappa shape index (κ2) is 15.3. The van der Waals surface area contributed by atoms with Crippen LogP contribution in [0.5, 0.6) is 0 Å². The van der Waals surface area contributed by atoms with Crippen molar-refractivity contribution < 1.29 is 13.2 Å². The largest absolute Gasteiger partial charge is 0.418 e. The molecule has 0 bridgehead atoms. The van der Waals surface area contributed by atoms with Crippen molar-refractivity contribution in [2.45, 2.75) is 16.0 Å². The topological polar surface area (TPSA) is 6.48 Å². The van der Waals surface area contributed by atoms with Crippen LogP contribution < -0.4 is 42.6 Å². The van der Waals surface area contributed by atoms with Crippen LogP contribution in [0.25, 0.3) is 44.5 Å². The van der Waals surface area contributed by atoms with Crippen molar-refractivity contribution in [1.82, 2.24) is 0 Å². The summed E-state index contributed by atoms with van der Waals surface area (Å²) >= 11 is 1.74. The predicted octanol–water partition coefficient (Wildman–Crippen LogP) is 12.8. The van der Waals surface area contributed by atoms with Gasteiger partial charge in [-0.05, 0) is 103 Å². The van der Waals surface area contributed by atoms with Crippen LogP contribution in [-0.2, 0) is 6.18 Å². The molecule has 0 amide bonds. The van der Waals surface area contributed by atoms with Crippen LogP contribution in [0.1, 0.15) is 5.56 Å². The molecule has 0 atom stereocenters. The van der Waals surface area contributed by atoms with Gasteiger partial charge in [0.1, 0.15) is 0 Å². The molecule has 0 N–H and O–H groups in total. The van der Waals surface area contributed by atoms with Crippen LogP contribution in [-0.4, -0.2) is 13.4 Å². The van der Waals surface area contributed by atoms with Gasteiger partial charge in [0.25, 0.3) is 6.71 Å². The standard InChI is InChI=1S/C61H37B2F3N2S/c64-61(65,66)45-26-12-15-29-50(45)67-51-30-16-13-27-46(51)62-48-36-41(38-18-4-1-5-19-38)32-34-52(48)68-53-35-33-42(39-20-6-2-7-21-39)37-49(53)63-47-28-14-17-31-54(47)69-60-55(58(67)56(62)59(68)57(60)63)44-25-11-10-24-43(44)40-22-8-3-9-23-40/h1-37H. The third-order valence-electron chi connectivity index (χ3n) is 14.5. The lowest BCUT2D eigenvalue weighted by Gasteiger charge is -2.50.